The fourth-order valence-corrected chi connectivity index (χ4v) is 3.36. The summed E-state index contributed by atoms with van der Waals surface area (Å²) in [4.78, 5) is 5.68. The summed E-state index contributed by atoms with van der Waals surface area (Å²) in [5.74, 6) is 0.476. The van der Waals surface area contributed by atoms with Crippen molar-refractivity contribution in [3.05, 3.63) is 71.4 Å². The number of likely N-dealkylation sites (N-methyl/N-ethyl adjacent to an activating group) is 1. The number of nitrogens with zero attached hydrogens (tertiary/aromatic N) is 1. The lowest BCUT2D eigenvalue weighted by Gasteiger charge is -2.32. The van der Waals surface area contributed by atoms with Gasteiger partial charge < -0.3 is 9.88 Å². The van der Waals surface area contributed by atoms with E-state index in [1.165, 1.54) is 27.6 Å². The van der Waals surface area contributed by atoms with Crippen LogP contribution in [0.5, 0.6) is 0 Å². The zero-order valence-electron chi connectivity index (χ0n) is 11.6. The molecule has 0 saturated heterocycles. The summed E-state index contributed by atoms with van der Waals surface area (Å²) in [6.45, 7) is 2.14. The van der Waals surface area contributed by atoms with Crippen molar-refractivity contribution in [3.63, 3.8) is 0 Å². The first kappa shape index (κ1) is 11.7. The largest absolute Gasteiger partial charge is 0.361 e. The molecule has 2 aromatic carbocycles. The maximum Gasteiger partial charge on any atom is 0.0454 e. The van der Waals surface area contributed by atoms with Crippen LogP contribution in [0.25, 0.3) is 10.9 Å². The fourth-order valence-electron chi connectivity index (χ4n) is 3.36. The Kier molecular flexibility index (Phi) is 2.64. The van der Waals surface area contributed by atoms with E-state index in [1.54, 1.807) is 0 Å². The van der Waals surface area contributed by atoms with Gasteiger partial charge in [-0.25, -0.2) is 0 Å². The molecule has 1 N–H and O–H groups in total. The first-order valence-electron chi connectivity index (χ1n) is 7.14. The number of hydrogen-bond acceptors (Lipinski definition) is 1. The van der Waals surface area contributed by atoms with Crippen molar-refractivity contribution in [2.45, 2.75) is 12.5 Å². The van der Waals surface area contributed by atoms with Crippen molar-refractivity contribution in [3.8, 4) is 0 Å². The third-order valence-electron chi connectivity index (χ3n) is 4.34. The summed E-state index contributed by atoms with van der Waals surface area (Å²) >= 11 is 0. The lowest BCUT2D eigenvalue weighted by atomic mass is 9.84. The molecule has 1 aromatic heterocycles. The molecule has 20 heavy (non-hydrogen) atoms. The molecule has 0 radical (unpaired) electrons. The summed E-state index contributed by atoms with van der Waals surface area (Å²) in [5, 5.41) is 1.30. The van der Waals surface area contributed by atoms with E-state index in [0.29, 0.717) is 5.92 Å². The second kappa shape index (κ2) is 4.50. The number of hydrogen-bond donors (Lipinski definition) is 1. The molecule has 1 aliphatic rings. The van der Waals surface area contributed by atoms with E-state index in [9.17, 15) is 0 Å². The summed E-state index contributed by atoms with van der Waals surface area (Å²) < 4.78 is 0. The van der Waals surface area contributed by atoms with E-state index < -0.39 is 0 Å². The molecule has 3 aromatic rings. The van der Waals surface area contributed by atoms with Gasteiger partial charge in [-0.3, -0.25) is 0 Å². The number of rotatable bonds is 1. The Balaban J connectivity index is 1.84. The number of aromatic nitrogens is 1. The lowest BCUT2D eigenvalue weighted by Crippen LogP contribution is -2.30. The van der Waals surface area contributed by atoms with E-state index in [-0.39, 0.29) is 0 Å². The minimum Gasteiger partial charge on any atom is -0.361 e. The Morgan fingerprint density at radius 3 is 2.95 bits per heavy atom. The van der Waals surface area contributed by atoms with Crippen LogP contribution in [0.2, 0.25) is 0 Å². The first-order chi connectivity index (χ1) is 9.81. The van der Waals surface area contributed by atoms with E-state index in [1.807, 2.05) is 6.20 Å². The van der Waals surface area contributed by atoms with Crippen molar-refractivity contribution >= 4 is 10.9 Å². The Bertz CT molecular complexity index is 757. The monoisotopic (exact) mass is 262 g/mol. The van der Waals surface area contributed by atoms with Crippen molar-refractivity contribution in [1.29, 1.82) is 0 Å². The van der Waals surface area contributed by atoms with Crippen LogP contribution in [0, 0.1) is 0 Å². The average Bonchev–Trinajstić information content (AvgIpc) is 2.93. The summed E-state index contributed by atoms with van der Waals surface area (Å²) in [7, 11) is 2.21. The second-order valence-corrected chi connectivity index (χ2v) is 5.77. The zero-order valence-corrected chi connectivity index (χ0v) is 11.6. The number of fused-ring (bicyclic) bond motifs is 2. The standard InChI is InChI=1S/C18H18N2/c1-20-11-15-4-2-3-5-16(15)17(12-20)13-6-7-18-14(10-13)8-9-19-18/h2-10,17,19H,11-12H2,1H3/t17-/m0/s1. The van der Waals surface area contributed by atoms with Gasteiger partial charge in [-0.1, -0.05) is 30.3 Å². The van der Waals surface area contributed by atoms with Crippen LogP contribution >= 0.6 is 0 Å². The predicted molar refractivity (Wildman–Crippen MR) is 82.9 cm³/mol. The number of nitrogens with one attached hydrogen (secondary N) is 1. The molecular weight excluding hydrogens is 244 g/mol. The number of benzene rings is 2. The van der Waals surface area contributed by atoms with Gasteiger partial charge >= 0.3 is 0 Å². The number of H-pyrrole nitrogens is 1. The van der Waals surface area contributed by atoms with Crippen LogP contribution in [0.15, 0.2) is 54.7 Å². The van der Waals surface area contributed by atoms with Gasteiger partial charge in [0.15, 0.2) is 0 Å². The highest BCUT2D eigenvalue weighted by atomic mass is 15.1. The van der Waals surface area contributed by atoms with Gasteiger partial charge in [0.25, 0.3) is 0 Å². The van der Waals surface area contributed by atoms with E-state index >= 15 is 0 Å². The van der Waals surface area contributed by atoms with Gasteiger partial charge in [-0.05, 0) is 47.3 Å². The van der Waals surface area contributed by atoms with Gasteiger partial charge in [0.2, 0.25) is 0 Å². The Labute approximate surface area is 119 Å². The SMILES string of the molecule is CN1Cc2ccccc2[C@H](c2ccc3[nH]ccc3c2)C1. The highest BCUT2D eigenvalue weighted by molar-refractivity contribution is 5.80. The normalized spacial score (nSPS) is 19.1. The molecule has 2 heterocycles. The fraction of sp³-hybridized carbons (Fsp3) is 0.222. The van der Waals surface area contributed by atoms with Crippen molar-refractivity contribution < 1.29 is 0 Å². The topological polar surface area (TPSA) is 19.0 Å². The van der Waals surface area contributed by atoms with Gasteiger partial charge in [0, 0.05) is 30.7 Å². The molecule has 1 aliphatic heterocycles. The predicted octanol–water partition coefficient (Wildman–Crippen LogP) is 3.75. The molecule has 2 heteroatoms. The molecular formula is C18H18N2. The molecule has 2 nitrogen and oxygen atoms in total. The molecule has 0 aliphatic carbocycles. The first-order valence-corrected chi connectivity index (χ1v) is 7.14. The highest BCUT2D eigenvalue weighted by Crippen LogP contribution is 2.33. The molecule has 100 valence electrons. The maximum absolute atomic E-state index is 3.27. The minimum atomic E-state index is 0.476. The summed E-state index contributed by atoms with van der Waals surface area (Å²) in [6.07, 6.45) is 2.01. The molecule has 4 rings (SSSR count). The van der Waals surface area contributed by atoms with Gasteiger partial charge in [0.1, 0.15) is 0 Å². The molecule has 0 spiro atoms. The zero-order chi connectivity index (χ0) is 13.5. The smallest absolute Gasteiger partial charge is 0.0454 e. The third kappa shape index (κ3) is 1.84. The average molecular weight is 262 g/mol. The van der Waals surface area contributed by atoms with Crippen LogP contribution in [0.1, 0.15) is 22.6 Å². The second-order valence-electron chi connectivity index (χ2n) is 5.77. The van der Waals surface area contributed by atoms with Crippen LogP contribution in [0.4, 0.5) is 0 Å². The van der Waals surface area contributed by atoms with Crippen molar-refractivity contribution in [2.75, 3.05) is 13.6 Å². The van der Waals surface area contributed by atoms with Crippen LogP contribution < -0.4 is 0 Å². The molecule has 0 fully saturated rings. The number of aromatic amines is 1. The van der Waals surface area contributed by atoms with Gasteiger partial charge in [0.05, 0.1) is 0 Å². The molecule has 1 atom stereocenters. The van der Waals surface area contributed by atoms with Gasteiger partial charge in [-0.2, -0.15) is 0 Å². The van der Waals surface area contributed by atoms with Gasteiger partial charge in [-0.15, -0.1) is 0 Å². The summed E-state index contributed by atoms with van der Waals surface area (Å²) in [6, 6.07) is 17.8. The van der Waals surface area contributed by atoms with E-state index in [0.717, 1.165) is 13.1 Å². The van der Waals surface area contributed by atoms with Crippen LogP contribution in [-0.2, 0) is 6.54 Å². The third-order valence-corrected chi connectivity index (χ3v) is 4.34. The molecule has 0 amide bonds. The maximum atomic E-state index is 3.27. The van der Waals surface area contributed by atoms with Crippen LogP contribution in [-0.4, -0.2) is 23.5 Å². The van der Waals surface area contributed by atoms with Crippen molar-refractivity contribution in [1.82, 2.24) is 9.88 Å². The molecule has 0 saturated carbocycles. The highest BCUT2D eigenvalue weighted by Gasteiger charge is 2.24. The molecule has 0 bridgehead atoms. The van der Waals surface area contributed by atoms with Crippen LogP contribution in [0.3, 0.4) is 0 Å². The Morgan fingerprint density at radius 2 is 2.00 bits per heavy atom. The Morgan fingerprint density at radius 1 is 1.10 bits per heavy atom. The quantitative estimate of drug-likeness (QED) is 0.707. The van der Waals surface area contributed by atoms with E-state index in [2.05, 4.69) is 65.5 Å². The molecule has 0 unspecified atom stereocenters. The lowest BCUT2D eigenvalue weighted by molar-refractivity contribution is 0.295. The Hall–Kier alpha value is -2.06. The minimum absolute atomic E-state index is 0.476. The summed E-state index contributed by atoms with van der Waals surface area (Å²) in [5.41, 5.74) is 5.57. The van der Waals surface area contributed by atoms with E-state index in [4.69, 9.17) is 0 Å². The van der Waals surface area contributed by atoms with Crippen molar-refractivity contribution in [2.24, 2.45) is 0 Å².